The van der Waals surface area contributed by atoms with Gasteiger partial charge in [0.1, 0.15) is 6.04 Å². The number of amides is 1. The van der Waals surface area contributed by atoms with Gasteiger partial charge in [0, 0.05) is 39.3 Å². The van der Waals surface area contributed by atoms with Crippen LogP contribution >= 0.6 is 12.2 Å². The van der Waals surface area contributed by atoms with Crippen LogP contribution in [0.15, 0.2) is 12.5 Å². The van der Waals surface area contributed by atoms with E-state index in [4.69, 9.17) is 18.0 Å². The van der Waals surface area contributed by atoms with Gasteiger partial charge >= 0.3 is 0 Å². The first-order chi connectivity index (χ1) is 8.59. The van der Waals surface area contributed by atoms with Gasteiger partial charge in [-0.1, -0.05) is 12.2 Å². The van der Waals surface area contributed by atoms with Gasteiger partial charge in [-0.2, -0.15) is 0 Å². The molecule has 1 aromatic rings. The molecule has 0 saturated carbocycles. The molecule has 0 aliphatic carbocycles. The van der Waals surface area contributed by atoms with Crippen LogP contribution in [0, 0.1) is 0 Å². The zero-order chi connectivity index (χ0) is 13.1. The van der Waals surface area contributed by atoms with E-state index in [1.54, 1.807) is 19.4 Å². The highest BCUT2D eigenvalue weighted by atomic mass is 32.1. The third-order valence-electron chi connectivity index (χ3n) is 3.21. The molecule has 0 spiro atoms. The van der Waals surface area contributed by atoms with Crippen molar-refractivity contribution in [1.29, 1.82) is 0 Å². The summed E-state index contributed by atoms with van der Waals surface area (Å²) in [4.78, 5) is 22.8. The number of rotatable bonds is 3. The molecule has 6 nitrogen and oxygen atoms in total. The minimum Gasteiger partial charge on any atom is -0.392 e. The largest absolute Gasteiger partial charge is 0.392 e. The zero-order valence-electron chi connectivity index (χ0n) is 10.3. The lowest BCUT2D eigenvalue weighted by Crippen LogP contribution is -2.51. The minimum absolute atomic E-state index is 0.114. The third kappa shape index (κ3) is 2.68. The van der Waals surface area contributed by atoms with E-state index >= 15 is 0 Å². The molecule has 1 amide bonds. The number of aromatic nitrogens is 2. The average Bonchev–Trinajstić information content (AvgIpc) is 2.83. The van der Waals surface area contributed by atoms with Crippen LogP contribution in [0.4, 0.5) is 0 Å². The first-order valence-electron chi connectivity index (χ1n) is 5.86. The van der Waals surface area contributed by atoms with Crippen LogP contribution < -0.4 is 5.73 Å². The highest BCUT2D eigenvalue weighted by molar-refractivity contribution is 7.80. The second-order valence-electron chi connectivity index (χ2n) is 4.35. The summed E-state index contributed by atoms with van der Waals surface area (Å²) in [6, 6.07) is -0.128. The number of hydrogen-bond acceptors (Lipinski definition) is 4. The lowest BCUT2D eigenvalue weighted by atomic mass is 10.1. The molecular weight excluding hydrogens is 250 g/mol. The lowest BCUT2D eigenvalue weighted by Gasteiger charge is -2.38. The Morgan fingerprint density at radius 2 is 2.17 bits per heavy atom. The first-order valence-corrected chi connectivity index (χ1v) is 6.27. The molecule has 1 fully saturated rings. The molecule has 2 rings (SSSR count). The Balaban J connectivity index is 2.06. The van der Waals surface area contributed by atoms with E-state index in [-0.39, 0.29) is 11.9 Å². The Labute approximate surface area is 111 Å². The molecule has 1 unspecified atom stereocenters. The van der Waals surface area contributed by atoms with Gasteiger partial charge in [0.05, 0.1) is 17.0 Å². The number of thiocarbonyl (C=S) groups is 1. The normalized spacial score (nSPS) is 18.6. The topological polar surface area (TPSA) is 78.2 Å². The van der Waals surface area contributed by atoms with E-state index in [9.17, 15) is 4.79 Å². The van der Waals surface area contributed by atoms with Gasteiger partial charge in [-0.3, -0.25) is 9.69 Å². The van der Waals surface area contributed by atoms with Crippen molar-refractivity contribution in [3.8, 4) is 0 Å². The number of carbonyl (C=O) groups is 1. The van der Waals surface area contributed by atoms with Crippen molar-refractivity contribution < 1.29 is 4.79 Å². The van der Waals surface area contributed by atoms with Crippen LogP contribution in [0.25, 0.3) is 0 Å². The maximum absolute atomic E-state index is 11.3. The first kappa shape index (κ1) is 13.0. The Morgan fingerprint density at radius 3 is 2.61 bits per heavy atom. The Bertz CT molecular complexity index is 425. The number of nitrogens with zero attached hydrogens (tertiary/aromatic N) is 3. The number of H-pyrrole nitrogens is 1. The molecule has 18 heavy (non-hydrogen) atoms. The Morgan fingerprint density at radius 1 is 1.50 bits per heavy atom. The molecule has 1 saturated heterocycles. The summed E-state index contributed by atoms with van der Waals surface area (Å²) >= 11 is 5.13. The van der Waals surface area contributed by atoms with E-state index < -0.39 is 0 Å². The van der Waals surface area contributed by atoms with E-state index in [1.807, 2.05) is 4.90 Å². The van der Waals surface area contributed by atoms with Crippen molar-refractivity contribution in [1.82, 2.24) is 19.8 Å². The van der Waals surface area contributed by atoms with Gasteiger partial charge in [-0.05, 0) is 0 Å². The summed E-state index contributed by atoms with van der Waals surface area (Å²) in [5.74, 6) is 0.114. The molecule has 0 aromatic carbocycles. The molecular formula is C11H17N5OS. The fourth-order valence-corrected chi connectivity index (χ4v) is 2.52. The Hall–Kier alpha value is -1.47. The summed E-state index contributed by atoms with van der Waals surface area (Å²) in [6.07, 6.45) is 3.35. The fourth-order valence-electron chi connectivity index (χ4n) is 2.24. The van der Waals surface area contributed by atoms with E-state index in [0.717, 1.165) is 18.8 Å². The molecule has 7 heteroatoms. The van der Waals surface area contributed by atoms with Crippen molar-refractivity contribution >= 4 is 23.1 Å². The van der Waals surface area contributed by atoms with Crippen LogP contribution in [-0.2, 0) is 4.79 Å². The Kier molecular flexibility index (Phi) is 3.93. The molecule has 1 atom stereocenters. The SMILES string of the molecule is CC(=O)N1CCN(C(C(N)=S)c2cnc[nH]2)CC1. The average molecular weight is 267 g/mol. The summed E-state index contributed by atoms with van der Waals surface area (Å²) in [6.45, 7) is 4.54. The standard InChI is InChI=1S/C11H17N5OS/c1-8(17)15-2-4-16(5-3-15)10(11(12)18)9-6-13-7-14-9/h6-7,10H,2-5H2,1H3,(H2,12,18)(H,13,14). The zero-order valence-corrected chi connectivity index (χ0v) is 11.1. The van der Waals surface area contributed by atoms with Gasteiger partial charge < -0.3 is 15.6 Å². The molecule has 98 valence electrons. The number of imidazole rings is 1. The molecule has 3 N–H and O–H groups in total. The van der Waals surface area contributed by atoms with Crippen LogP contribution in [-0.4, -0.2) is 56.8 Å². The third-order valence-corrected chi connectivity index (χ3v) is 3.43. The molecule has 0 bridgehead atoms. The summed E-state index contributed by atoms with van der Waals surface area (Å²) in [5.41, 5.74) is 6.72. The number of hydrogen-bond donors (Lipinski definition) is 2. The predicted octanol–water partition coefficient (Wildman–Crippen LogP) is -0.0990. The number of nitrogens with one attached hydrogen (secondary N) is 1. The van der Waals surface area contributed by atoms with E-state index in [0.29, 0.717) is 18.1 Å². The van der Waals surface area contributed by atoms with Gasteiger partial charge in [0.15, 0.2) is 0 Å². The van der Waals surface area contributed by atoms with E-state index in [1.165, 1.54) is 0 Å². The number of piperazine rings is 1. The fraction of sp³-hybridized carbons (Fsp3) is 0.545. The van der Waals surface area contributed by atoms with Crippen LogP contribution in [0.2, 0.25) is 0 Å². The van der Waals surface area contributed by atoms with Crippen molar-refractivity contribution in [2.24, 2.45) is 5.73 Å². The molecule has 1 aliphatic rings. The molecule has 1 aromatic heterocycles. The van der Waals surface area contributed by atoms with E-state index in [2.05, 4.69) is 14.9 Å². The molecule has 1 aliphatic heterocycles. The second kappa shape index (κ2) is 5.45. The van der Waals surface area contributed by atoms with Crippen LogP contribution in [0.3, 0.4) is 0 Å². The van der Waals surface area contributed by atoms with Gasteiger partial charge in [0.2, 0.25) is 5.91 Å². The summed E-state index contributed by atoms with van der Waals surface area (Å²) in [7, 11) is 0. The summed E-state index contributed by atoms with van der Waals surface area (Å²) < 4.78 is 0. The van der Waals surface area contributed by atoms with Crippen molar-refractivity contribution in [2.75, 3.05) is 26.2 Å². The van der Waals surface area contributed by atoms with Crippen molar-refractivity contribution in [2.45, 2.75) is 13.0 Å². The highest BCUT2D eigenvalue weighted by Gasteiger charge is 2.28. The maximum Gasteiger partial charge on any atom is 0.219 e. The summed E-state index contributed by atoms with van der Waals surface area (Å²) in [5, 5.41) is 0. The van der Waals surface area contributed by atoms with Gasteiger partial charge in [0.25, 0.3) is 0 Å². The lowest BCUT2D eigenvalue weighted by molar-refractivity contribution is -0.130. The highest BCUT2D eigenvalue weighted by Crippen LogP contribution is 2.20. The number of aromatic amines is 1. The van der Waals surface area contributed by atoms with Gasteiger partial charge in [-0.15, -0.1) is 0 Å². The monoisotopic (exact) mass is 267 g/mol. The molecule has 2 heterocycles. The maximum atomic E-state index is 11.3. The minimum atomic E-state index is -0.128. The van der Waals surface area contributed by atoms with Crippen LogP contribution in [0.1, 0.15) is 18.7 Å². The van der Waals surface area contributed by atoms with Crippen molar-refractivity contribution in [3.63, 3.8) is 0 Å². The number of nitrogens with two attached hydrogens (primary N) is 1. The quantitative estimate of drug-likeness (QED) is 0.748. The molecule has 0 radical (unpaired) electrons. The van der Waals surface area contributed by atoms with Crippen molar-refractivity contribution in [3.05, 3.63) is 18.2 Å². The number of carbonyl (C=O) groups excluding carboxylic acids is 1. The van der Waals surface area contributed by atoms with Crippen LogP contribution in [0.5, 0.6) is 0 Å². The second-order valence-corrected chi connectivity index (χ2v) is 4.83. The predicted molar refractivity (Wildman–Crippen MR) is 71.9 cm³/mol. The van der Waals surface area contributed by atoms with Gasteiger partial charge in [-0.25, -0.2) is 4.98 Å². The smallest absolute Gasteiger partial charge is 0.219 e.